The van der Waals surface area contributed by atoms with E-state index in [0.717, 1.165) is 0 Å². The van der Waals surface area contributed by atoms with Crippen LogP contribution in [0.2, 0.25) is 0 Å². The topological polar surface area (TPSA) is 93.1 Å². The molecule has 0 aliphatic heterocycles. The lowest BCUT2D eigenvalue weighted by Crippen LogP contribution is -2.20. The van der Waals surface area contributed by atoms with Crippen LogP contribution in [0.25, 0.3) is 0 Å². The predicted molar refractivity (Wildman–Crippen MR) is 89.5 cm³/mol. The highest BCUT2D eigenvalue weighted by molar-refractivity contribution is 5.77. The van der Waals surface area contributed by atoms with Crippen molar-refractivity contribution in [3.05, 3.63) is 54.0 Å². The molecular weight excluding hydrogens is 292 g/mol. The number of nitrogen functional groups attached to an aromatic ring is 1. The van der Waals surface area contributed by atoms with Crippen molar-refractivity contribution in [2.24, 2.45) is 0 Å². The minimum atomic E-state index is 0.464. The van der Waals surface area contributed by atoms with E-state index in [1.165, 1.54) is 11.9 Å². The molecule has 7 heteroatoms. The van der Waals surface area contributed by atoms with Gasteiger partial charge in [0.1, 0.15) is 17.8 Å². The Kier molecular flexibility index (Phi) is 4.09. The zero-order chi connectivity index (χ0) is 16.2. The number of benzene rings is 1. The number of hydrogen-bond donors (Lipinski definition) is 2. The first kappa shape index (κ1) is 14.8. The van der Waals surface area contributed by atoms with Gasteiger partial charge in [0.2, 0.25) is 0 Å². The highest BCUT2D eigenvalue weighted by atomic mass is 16.5. The van der Waals surface area contributed by atoms with Gasteiger partial charge in [-0.2, -0.15) is 0 Å². The summed E-state index contributed by atoms with van der Waals surface area (Å²) in [5, 5.41) is 6.92. The second-order valence-electron chi connectivity index (χ2n) is 5.25. The summed E-state index contributed by atoms with van der Waals surface area (Å²) in [6.07, 6.45) is 1.47. The summed E-state index contributed by atoms with van der Waals surface area (Å²) < 4.78 is 5.03. The van der Waals surface area contributed by atoms with E-state index in [4.69, 9.17) is 10.3 Å². The molecule has 0 aliphatic rings. The second kappa shape index (κ2) is 6.35. The lowest BCUT2D eigenvalue weighted by atomic mass is 10.2. The molecule has 3 aromatic rings. The van der Waals surface area contributed by atoms with Gasteiger partial charge >= 0.3 is 0 Å². The maximum absolute atomic E-state index is 6.20. The Labute approximate surface area is 134 Å². The van der Waals surface area contributed by atoms with E-state index in [1.54, 1.807) is 6.07 Å². The van der Waals surface area contributed by atoms with Crippen LogP contribution in [0, 0.1) is 6.92 Å². The van der Waals surface area contributed by atoms with Crippen LogP contribution in [0.3, 0.4) is 0 Å². The SMILES string of the molecule is Cc1cc(Nc2ncnc(N(C)Cc3ccccc3)c2N)no1. The van der Waals surface area contributed by atoms with Crippen molar-refractivity contribution in [2.45, 2.75) is 13.5 Å². The minimum Gasteiger partial charge on any atom is -0.393 e. The summed E-state index contributed by atoms with van der Waals surface area (Å²) in [5.41, 5.74) is 7.85. The Morgan fingerprint density at radius 1 is 1.22 bits per heavy atom. The van der Waals surface area contributed by atoms with Crippen LogP contribution in [-0.2, 0) is 6.54 Å². The Hall–Kier alpha value is -3.09. The van der Waals surface area contributed by atoms with Crippen LogP contribution >= 0.6 is 0 Å². The first-order valence-corrected chi connectivity index (χ1v) is 7.19. The van der Waals surface area contributed by atoms with E-state index in [1.807, 2.05) is 37.1 Å². The van der Waals surface area contributed by atoms with Crippen molar-refractivity contribution in [1.29, 1.82) is 0 Å². The highest BCUT2D eigenvalue weighted by Crippen LogP contribution is 2.28. The molecule has 7 nitrogen and oxygen atoms in total. The summed E-state index contributed by atoms with van der Waals surface area (Å²) in [7, 11) is 1.94. The van der Waals surface area contributed by atoms with Gasteiger partial charge in [0.25, 0.3) is 0 Å². The summed E-state index contributed by atoms with van der Waals surface area (Å²) in [6, 6.07) is 11.9. The summed E-state index contributed by atoms with van der Waals surface area (Å²) in [5.74, 6) is 2.43. The molecule has 0 amide bonds. The van der Waals surface area contributed by atoms with Gasteiger partial charge in [0, 0.05) is 19.7 Å². The summed E-state index contributed by atoms with van der Waals surface area (Å²) in [6.45, 7) is 2.52. The molecule has 0 spiro atoms. The number of rotatable bonds is 5. The molecule has 0 bridgehead atoms. The van der Waals surface area contributed by atoms with E-state index < -0.39 is 0 Å². The summed E-state index contributed by atoms with van der Waals surface area (Å²) in [4.78, 5) is 10.4. The lowest BCUT2D eigenvalue weighted by molar-refractivity contribution is 0.400. The fraction of sp³-hybridized carbons (Fsp3) is 0.188. The zero-order valence-corrected chi connectivity index (χ0v) is 13.0. The van der Waals surface area contributed by atoms with Gasteiger partial charge in [0.05, 0.1) is 0 Å². The Balaban J connectivity index is 1.81. The molecule has 23 heavy (non-hydrogen) atoms. The maximum Gasteiger partial charge on any atom is 0.175 e. The number of aromatic nitrogens is 3. The normalized spacial score (nSPS) is 10.5. The largest absolute Gasteiger partial charge is 0.393 e. The Morgan fingerprint density at radius 3 is 2.70 bits per heavy atom. The van der Waals surface area contributed by atoms with Crippen LogP contribution in [0.1, 0.15) is 11.3 Å². The zero-order valence-electron chi connectivity index (χ0n) is 13.0. The smallest absolute Gasteiger partial charge is 0.175 e. The van der Waals surface area contributed by atoms with Crippen molar-refractivity contribution in [3.63, 3.8) is 0 Å². The van der Waals surface area contributed by atoms with Gasteiger partial charge in [-0.1, -0.05) is 35.5 Å². The van der Waals surface area contributed by atoms with Gasteiger partial charge in [-0.3, -0.25) is 0 Å². The van der Waals surface area contributed by atoms with Gasteiger partial charge in [-0.15, -0.1) is 0 Å². The predicted octanol–water partition coefficient (Wildman–Crippen LogP) is 2.74. The number of nitrogens with one attached hydrogen (secondary N) is 1. The van der Waals surface area contributed by atoms with Gasteiger partial charge < -0.3 is 20.5 Å². The monoisotopic (exact) mass is 310 g/mol. The number of aryl methyl sites for hydroxylation is 1. The lowest BCUT2D eigenvalue weighted by Gasteiger charge is -2.20. The molecule has 0 radical (unpaired) electrons. The van der Waals surface area contributed by atoms with E-state index in [-0.39, 0.29) is 0 Å². The van der Waals surface area contributed by atoms with E-state index in [9.17, 15) is 0 Å². The molecule has 118 valence electrons. The molecule has 0 aliphatic carbocycles. The molecule has 0 unspecified atom stereocenters. The van der Waals surface area contributed by atoms with Crippen molar-refractivity contribution in [2.75, 3.05) is 23.0 Å². The number of anilines is 4. The molecule has 0 saturated carbocycles. The molecule has 1 aromatic carbocycles. The quantitative estimate of drug-likeness (QED) is 0.748. The number of nitrogens with zero attached hydrogens (tertiary/aromatic N) is 4. The minimum absolute atomic E-state index is 0.464. The fourth-order valence-corrected chi connectivity index (χ4v) is 2.27. The van der Waals surface area contributed by atoms with Crippen LogP contribution in [-0.4, -0.2) is 22.2 Å². The van der Waals surface area contributed by atoms with Crippen LogP contribution < -0.4 is 16.0 Å². The Morgan fingerprint density at radius 2 is 2.00 bits per heavy atom. The Bertz CT molecular complexity index is 786. The van der Waals surface area contributed by atoms with Crippen LogP contribution in [0.4, 0.5) is 23.1 Å². The molecule has 0 fully saturated rings. The van der Waals surface area contributed by atoms with Crippen molar-refractivity contribution in [3.8, 4) is 0 Å². The first-order valence-electron chi connectivity index (χ1n) is 7.19. The molecule has 0 atom stereocenters. The van der Waals surface area contributed by atoms with Crippen LogP contribution in [0.5, 0.6) is 0 Å². The molecule has 2 heterocycles. The van der Waals surface area contributed by atoms with E-state index >= 15 is 0 Å². The maximum atomic E-state index is 6.20. The van der Waals surface area contributed by atoms with Gasteiger partial charge in [0.15, 0.2) is 17.5 Å². The molecule has 3 N–H and O–H groups in total. The molecule has 0 saturated heterocycles. The average molecular weight is 310 g/mol. The van der Waals surface area contributed by atoms with Crippen molar-refractivity contribution < 1.29 is 4.52 Å². The fourth-order valence-electron chi connectivity index (χ4n) is 2.27. The molecular formula is C16H18N6O. The van der Waals surface area contributed by atoms with Crippen molar-refractivity contribution in [1.82, 2.24) is 15.1 Å². The van der Waals surface area contributed by atoms with Crippen LogP contribution in [0.15, 0.2) is 47.2 Å². The summed E-state index contributed by atoms with van der Waals surface area (Å²) >= 11 is 0. The number of hydrogen-bond acceptors (Lipinski definition) is 7. The third kappa shape index (κ3) is 3.39. The third-order valence-electron chi connectivity index (χ3n) is 3.36. The van der Waals surface area contributed by atoms with Gasteiger partial charge in [-0.05, 0) is 12.5 Å². The molecule has 2 aromatic heterocycles. The standard InChI is InChI=1S/C16H18N6O/c1-11-8-13(21-23-11)20-15-14(17)16(19-10-18-15)22(2)9-12-6-4-3-5-7-12/h3-8,10H,9,17H2,1-2H3,(H,18,19,20,21). The highest BCUT2D eigenvalue weighted by Gasteiger charge is 2.13. The second-order valence-corrected chi connectivity index (χ2v) is 5.25. The van der Waals surface area contributed by atoms with Gasteiger partial charge in [-0.25, -0.2) is 9.97 Å². The van der Waals surface area contributed by atoms with Crippen molar-refractivity contribution >= 4 is 23.1 Å². The van der Waals surface area contributed by atoms with E-state index in [0.29, 0.717) is 35.4 Å². The molecule has 3 rings (SSSR count). The van der Waals surface area contributed by atoms with E-state index in [2.05, 4.69) is 32.6 Å². The first-order chi connectivity index (χ1) is 11.1. The third-order valence-corrected chi connectivity index (χ3v) is 3.36. The number of nitrogens with two attached hydrogens (primary N) is 1. The average Bonchev–Trinajstić information content (AvgIpc) is 2.95.